The van der Waals surface area contributed by atoms with E-state index in [-0.39, 0.29) is 11.9 Å². The number of nitrogens with two attached hydrogens (primary N) is 1. The van der Waals surface area contributed by atoms with Crippen LogP contribution in [0.15, 0.2) is 24.3 Å². The molecular formula is C16H25N3O. The van der Waals surface area contributed by atoms with E-state index in [1.54, 1.807) is 6.07 Å². The Morgan fingerprint density at radius 2 is 2.20 bits per heavy atom. The third kappa shape index (κ3) is 3.51. The number of amides is 1. The first-order chi connectivity index (χ1) is 9.47. The van der Waals surface area contributed by atoms with Crippen molar-refractivity contribution in [3.05, 3.63) is 24.3 Å². The Morgan fingerprint density at radius 3 is 2.85 bits per heavy atom. The van der Waals surface area contributed by atoms with Gasteiger partial charge in [0.25, 0.3) is 0 Å². The number of carbonyl (C=O) groups excluding carboxylic acids is 1. The van der Waals surface area contributed by atoms with Gasteiger partial charge in [-0.05, 0) is 57.4 Å². The average molecular weight is 275 g/mol. The van der Waals surface area contributed by atoms with Crippen LogP contribution in [-0.2, 0) is 4.79 Å². The van der Waals surface area contributed by atoms with Gasteiger partial charge in [-0.15, -0.1) is 0 Å². The summed E-state index contributed by atoms with van der Waals surface area (Å²) >= 11 is 0. The number of likely N-dealkylation sites (tertiary alicyclic amines) is 1. The molecule has 20 heavy (non-hydrogen) atoms. The number of nitrogens with one attached hydrogen (secondary N) is 1. The Balaban J connectivity index is 1.98. The smallest absolute Gasteiger partial charge is 0.241 e. The molecule has 0 bridgehead atoms. The van der Waals surface area contributed by atoms with Gasteiger partial charge in [0.15, 0.2) is 0 Å². The molecule has 3 N–H and O–H groups in total. The fourth-order valence-electron chi connectivity index (χ4n) is 3.01. The van der Waals surface area contributed by atoms with E-state index in [9.17, 15) is 4.79 Å². The molecule has 0 aromatic heterocycles. The standard InChI is InChI=1S/C16H25N3O/c1-11-7-8-19(12(2)9-11)13(3)16(20)18-15-6-4-5-14(17)10-15/h4-6,10-13H,7-9,17H2,1-3H3,(H,18,20). The Labute approximate surface area is 121 Å². The number of hydrogen-bond acceptors (Lipinski definition) is 3. The molecule has 3 unspecified atom stereocenters. The van der Waals surface area contributed by atoms with Crippen LogP contribution in [-0.4, -0.2) is 29.4 Å². The van der Waals surface area contributed by atoms with Gasteiger partial charge in [0.1, 0.15) is 0 Å². The van der Waals surface area contributed by atoms with Gasteiger partial charge >= 0.3 is 0 Å². The van der Waals surface area contributed by atoms with Crippen molar-refractivity contribution in [1.29, 1.82) is 0 Å². The van der Waals surface area contributed by atoms with Crippen molar-refractivity contribution in [1.82, 2.24) is 4.90 Å². The third-order valence-corrected chi connectivity index (χ3v) is 4.22. The van der Waals surface area contributed by atoms with Crippen LogP contribution in [0.25, 0.3) is 0 Å². The van der Waals surface area contributed by atoms with E-state index in [4.69, 9.17) is 5.73 Å². The number of anilines is 2. The molecule has 1 aromatic rings. The highest BCUT2D eigenvalue weighted by atomic mass is 16.2. The summed E-state index contributed by atoms with van der Waals surface area (Å²) in [5, 5.41) is 2.95. The minimum atomic E-state index is -0.112. The van der Waals surface area contributed by atoms with Crippen LogP contribution in [0, 0.1) is 5.92 Å². The zero-order valence-corrected chi connectivity index (χ0v) is 12.6. The molecule has 3 atom stereocenters. The Morgan fingerprint density at radius 1 is 1.45 bits per heavy atom. The van der Waals surface area contributed by atoms with Crippen molar-refractivity contribution in [2.75, 3.05) is 17.6 Å². The van der Waals surface area contributed by atoms with E-state index in [2.05, 4.69) is 24.1 Å². The van der Waals surface area contributed by atoms with Gasteiger partial charge in [0.05, 0.1) is 6.04 Å². The molecular weight excluding hydrogens is 250 g/mol. The summed E-state index contributed by atoms with van der Waals surface area (Å²) in [7, 11) is 0. The van der Waals surface area contributed by atoms with Crippen molar-refractivity contribution in [3.8, 4) is 0 Å². The summed E-state index contributed by atoms with van der Waals surface area (Å²) < 4.78 is 0. The molecule has 1 aliphatic rings. The van der Waals surface area contributed by atoms with Crippen molar-refractivity contribution in [3.63, 3.8) is 0 Å². The molecule has 2 rings (SSSR count). The lowest BCUT2D eigenvalue weighted by molar-refractivity contribution is -0.122. The fraction of sp³-hybridized carbons (Fsp3) is 0.562. The maximum Gasteiger partial charge on any atom is 0.241 e. The Hall–Kier alpha value is -1.55. The van der Waals surface area contributed by atoms with Gasteiger partial charge in [-0.25, -0.2) is 0 Å². The van der Waals surface area contributed by atoms with Gasteiger partial charge in [-0.2, -0.15) is 0 Å². The highest BCUT2D eigenvalue weighted by molar-refractivity contribution is 5.94. The summed E-state index contributed by atoms with van der Waals surface area (Å²) in [5.74, 6) is 0.794. The highest BCUT2D eigenvalue weighted by Crippen LogP contribution is 2.24. The molecule has 1 heterocycles. The molecule has 0 saturated carbocycles. The minimum Gasteiger partial charge on any atom is -0.399 e. The summed E-state index contributed by atoms with van der Waals surface area (Å²) in [6.45, 7) is 7.47. The predicted octanol–water partition coefficient (Wildman–Crippen LogP) is 2.72. The fourth-order valence-corrected chi connectivity index (χ4v) is 3.01. The average Bonchev–Trinajstić information content (AvgIpc) is 2.38. The molecule has 4 nitrogen and oxygen atoms in total. The van der Waals surface area contributed by atoms with Crippen LogP contribution >= 0.6 is 0 Å². The first kappa shape index (κ1) is 14.9. The van der Waals surface area contributed by atoms with E-state index in [0.29, 0.717) is 11.7 Å². The topological polar surface area (TPSA) is 58.4 Å². The lowest BCUT2D eigenvalue weighted by Gasteiger charge is -2.39. The molecule has 0 spiro atoms. The van der Waals surface area contributed by atoms with Gasteiger partial charge in [-0.1, -0.05) is 13.0 Å². The number of benzene rings is 1. The summed E-state index contributed by atoms with van der Waals surface area (Å²) in [5.41, 5.74) is 7.16. The van der Waals surface area contributed by atoms with E-state index in [0.717, 1.165) is 24.6 Å². The zero-order chi connectivity index (χ0) is 14.7. The minimum absolute atomic E-state index is 0.0389. The largest absolute Gasteiger partial charge is 0.399 e. The second-order valence-corrected chi connectivity index (χ2v) is 6.01. The maximum atomic E-state index is 12.4. The molecule has 1 fully saturated rings. The van der Waals surface area contributed by atoms with Crippen LogP contribution in [0.1, 0.15) is 33.6 Å². The molecule has 1 aliphatic heterocycles. The van der Waals surface area contributed by atoms with Gasteiger partial charge < -0.3 is 11.1 Å². The number of carbonyl (C=O) groups is 1. The predicted molar refractivity (Wildman–Crippen MR) is 83.5 cm³/mol. The Bertz CT molecular complexity index is 475. The van der Waals surface area contributed by atoms with Gasteiger partial charge in [0.2, 0.25) is 5.91 Å². The molecule has 4 heteroatoms. The first-order valence-electron chi connectivity index (χ1n) is 7.39. The lowest BCUT2D eigenvalue weighted by atomic mass is 9.92. The summed E-state index contributed by atoms with van der Waals surface area (Å²) in [6, 6.07) is 7.66. The molecule has 1 aromatic carbocycles. The maximum absolute atomic E-state index is 12.4. The van der Waals surface area contributed by atoms with Gasteiger partial charge in [0, 0.05) is 17.4 Å². The van der Waals surface area contributed by atoms with E-state index < -0.39 is 0 Å². The number of nitrogens with zero attached hydrogens (tertiary/aromatic N) is 1. The highest BCUT2D eigenvalue weighted by Gasteiger charge is 2.30. The van der Waals surface area contributed by atoms with Crippen molar-refractivity contribution in [2.45, 2.75) is 45.7 Å². The van der Waals surface area contributed by atoms with Crippen LogP contribution in [0.5, 0.6) is 0 Å². The normalized spacial score (nSPS) is 25.1. The molecule has 1 saturated heterocycles. The van der Waals surface area contributed by atoms with Crippen molar-refractivity contribution >= 4 is 17.3 Å². The molecule has 110 valence electrons. The number of hydrogen-bond donors (Lipinski definition) is 2. The molecule has 1 amide bonds. The summed E-state index contributed by atoms with van der Waals surface area (Å²) in [4.78, 5) is 14.6. The van der Waals surface area contributed by atoms with E-state index >= 15 is 0 Å². The number of piperidine rings is 1. The Kier molecular flexibility index (Phi) is 4.65. The van der Waals surface area contributed by atoms with E-state index in [1.807, 2.05) is 25.1 Å². The first-order valence-corrected chi connectivity index (χ1v) is 7.39. The van der Waals surface area contributed by atoms with Crippen LogP contribution in [0.3, 0.4) is 0 Å². The summed E-state index contributed by atoms with van der Waals surface area (Å²) in [6.07, 6.45) is 2.33. The number of nitrogen functional groups attached to an aromatic ring is 1. The number of rotatable bonds is 3. The monoisotopic (exact) mass is 275 g/mol. The zero-order valence-electron chi connectivity index (χ0n) is 12.6. The van der Waals surface area contributed by atoms with Crippen molar-refractivity contribution in [2.24, 2.45) is 5.92 Å². The van der Waals surface area contributed by atoms with Crippen molar-refractivity contribution < 1.29 is 4.79 Å². The van der Waals surface area contributed by atoms with Crippen LogP contribution in [0.4, 0.5) is 11.4 Å². The van der Waals surface area contributed by atoms with E-state index in [1.165, 1.54) is 6.42 Å². The SMILES string of the molecule is CC1CCN(C(C)C(=O)Nc2cccc(N)c2)C(C)C1. The molecule has 0 aliphatic carbocycles. The second-order valence-electron chi connectivity index (χ2n) is 6.01. The second kappa shape index (κ2) is 6.27. The molecule has 0 radical (unpaired) electrons. The quantitative estimate of drug-likeness (QED) is 0.834. The van der Waals surface area contributed by atoms with Gasteiger partial charge in [-0.3, -0.25) is 9.69 Å². The third-order valence-electron chi connectivity index (χ3n) is 4.22. The van der Waals surface area contributed by atoms with Crippen LogP contribution < -0.4 is 11.1 Å². The lowest BCUT2D eigenvalue weighted by Crippen LogP contribution is -2.50. The van der Waals surface area contributed by atoms with Crippen LogP contribution in [0.2, 0.25) is 0 Å².